The van der Waals surface area contributed by atoms with Crippen molar-refractivity contribution < 1.29 is 0 Å². The summed E-state index contributed by atoms with van der Waals surface area (Å²) in [5, 5.41) is 19.9. The van der Waals surface area contributed by atoms with Crippen molar-refractivity contribution >= 4 is 57.2 Å². The lowest BCUT2D eigenvalue weighted by molar-refractivity contribution is 0.568. The SMILES string of the molecule is CC(C)(C)c1cc(N2c3ccc(-c4ccc(C#N)cc4)cc3B3c4cc(-c5ccc(C#N)cc5)ccc4N(c4cc(C(C)(C)C)cc(C(C)(C)C)c4)c4cc(-c5c(-c6ccccc6)cccc5-c5ccccc5)cc2c43)cc(C(C)(C)C)c1. The zero-order valence-corrected chi connectivity index (χ0v) is 50.1. The first-order valence-electron chi connectivity index (χ1n) is 29.2. The predicted molar refractivity (Wildman–Crippen MR) is 352 cm³/mol. The van der Waals surface area contributed by atoms with Gasteiger partial charge in [0.05, 0.1) is 23.3 Å². The molecule has 10 aromatic carbocycles. The second-order valence-electron chi connectivity index (χ2n) is 27.0. The molecule has 0 amide bonds. The van der Waals surface area contributed by atoms with Crippen LogP contribution in [0.15, 0.2) is 212 Å². The highest BCUT2D eigenvalue weighted by molar-refractivity contribution is 7.00. The lowest BCUT2D eigenvalue weighted by Crippen LogP contribution is -2.61. The summed E-state index contributed by atoms with van der Waals surface area (Å²) in [7, 11) is 0. The number of hydrogen-bond acceptors (Lipinski definition) is 4. The molecule has 0 aliphatic carbocycles. The van der Waals surface area contributed by atoms with Crippen molar-refractivity contribution in [2.45, 2.75) is 105 Å². The van der Waals surface area contributed by atoms with Crippen LogP contribution >= 0.6 is 0 Å². The number of benzene rings is 10. The molecular weight excluding hydrogens is 1000 g/mol. The molecule has 0 bridgehead atoms. The Kier molecular flexibility index (Phi) is 13.4. The topological polar surface area (TPSA) is 54.1 Å². The van der Waals surface area contributed by atoms with E-state index in [2.05, 4.69) is 293 Å². The average Bonchev–Trinajstić information content (AvgIpc) is 3.06. The Morgan fingerprint density at radius 1 is 0.313 bits per heavy atom. The van der Waals surface area contributed by atoms with Gasteiger partial charge in [-0.3, -0.25) is 0 Å². The smallest absolute Gasteiger partial charge is 0.252 e. The molecule has 0 aromatic heterocycles. The van der Waals surface area contributed by atoms with Gasteiger partial charge in [-0.05, 0) is 189 Å². The lowest BCUT2D eigenvalue weighted by Gasteiger charge is -2.45. The normalized spacial score (nSPS) is 13.0. The molecule has 0 spiro atoms. The van der Waals surface area contributed by atoms with Crippen LogP contribution in [0.1, 0.15) is 116 Å². The number of nitrogens with zero attached hydrogens (tertiary/aromatic N) is 4. The molecule has 0 fully saturated rings. The fraction of sp³-hybridized carbons (Fsp3) is 0.205. The van der Waals surface area contributed by atoms with Gasteiger partial charge in [0.2, 0.25) is 0 Å². The molecule has 0 N–H and O–H groups in total. The Balaban J connectivity index is 1.28. The van der Waals surface area contributed by atoms with Crippen LogP contribution in [0.3, 0.4) is 0 Å². The summed E-state index contributed by atoms with van der Waals surface area (Å²) >= 11 is 0. The Bertz CT molecular complexity index is 3910. The zero-order chi connectivity index (χ0) is 58.3. The zero-order valence-electron chi connectivity index (χ0n) is 50.1. The lowest BCUT2D eigenvalue weighted by atomic mass is 9.33. The highest BCUT2D eigenvalue weighted by Gasteiger charge is 2.45. The van der Waals surface area contributed by atoms with E-state index in [0.717, 1.165) is 84.2 Å². The second-order valence-corrected chi connectivity index (χ2v) is 27.0. The van der Waals surface area contributed by atoms with E-state index < -0.39 is 0 Å². The maximum absolute atomic E-state index is 9.93. The van der Waals surface area contributed by atoms with Crippen molar-refractivity contribution in [1.29, 1.82) is 10.5 Å². The molecule has 4 nitrogen and oxygen atoms in total. The van der Waals surface area contributed by atoms with E-state index in [4.69, 9.17) is 0 Å². The summed E-state index contributed by atoms with van der Waals surface area (Å²) < 4.78 is 0. The minimum Gasteiger partial charge on any atom is -0.311 e. The van der Waals surface area contributed by atoms with Crippen LogP contribution in [0.25, 0.3) is 55.6 Å². The number of fused-ring (bicyclic) bond motifs is 4. The van der Waals surface area contributed by atoms with Crippen LogP contribution in [0, 0.1) is 22.7 Å². The van der Waals surface area contributed by atoms with Gasteiger partial charge >= 0.3 is 0 Å². The van der Waals surface area contributed by atoms with E-state index >= 15 is 0 Å². The van der Waals surface area contributed by atoms with Gasteiger partial charge in [0.1, 0.15) is 0 Å². The third-order valence-corrected chi connectivity index (χ3v) is 17.1. The molecule has 12 rings (SSSR count). The molecule has 0 atom stereocenters. The average molecular weight is 1080 g/mol. The molecule has 2 aliphatic rings. The van der Waals surface area contributed by atoms with Crippen molar-refractivity contribution in [3.8, 4) is 67.8 Å². The molecule has 2 aliphatic heterocycles. The van der Waals surface area contributed by atoms with Crippen molar-refractivity contribution in [1.82, 2.24) is 0 Å². The van der Waals surface area contributed by atoms with Crippen molar-refractivity contribution in [2.24, 2.45) is 0 Å². The Morgan fingerprint density at radius 3 is 1.00 bits per heavy atom. The molecule has 5 heteroatoms. The van der Waals surface area contributed by atoms with Gasteiger partial charge in [-0.15, -0.1) is 0 Å². The molecule has 2 heterocycles. The van der Waals surface area contributed by atoms with E-state index in [1.54, 1.807) is 0 Å². The Hall–Kier alpha value is -9.16. The fourth-order valence-electron chi connectivity index (χ4n) is 12.3. The van der Waals surface area contributed by atoms with Gasteiger partial charge in [0, 0.05) is 34.1 Å². The Morgan fingerprint density at radius 2 is 0.663 bits per heavy atom. The number of rotatable bonds is 7. The largest absolute Gasteiger partial charge is 0.311 e. The maximum Gasteiger partial charge on any atom is 0.252 e. The molecule has 0 radical (unpaired) electrons. The van der Waals surface area contributed by atoms with Crippen LogP contribution in [0.5, 0.6) is 0 Å². The van der Waals surface area contributed by atoms with Gasteiger partial charge in [-0.1, -0.05) is 223 Å². The summed E-state index contributed by atoms with van der Waals surface area (Å²) in [5.74, 6) is 0. The van der Waals surface area contributed by atoms with Gasteiger partial charge in [-0.25, -0.2) is 0 Å². The van der Waals surface area contributed by atoms with Gasteiger partial charge < -0.3 is 9.80 Å². The van der Waals surface area contributed by atoms with Gasteiger partial charge in [0.15, 0.2) is 0 Å². The molecule has 0 saturated heterocycles. The molecule has 0 saturated carbocycles. The van der Waals surface area contributed by atoms with E-state index in [1.807, 2.05) is 24.3 Å². The van der Waals surface area contributed by atoms with E-state index in [1.165, 1.54) is 44.2 Å². The summed E-state index contributed by atoms with van der Waals surface area (Å²) in [6.07, 6.45) is 0. The van der Waals surface area contributed by atoms with E-state index in [0.29, 0.717) is 11.1 Å². The summed E-state index contributed by atoms with van der Waals surface area (Å²) in [6.45, 7) is 27.7. The first-order valence-corrected chi connectivity index (χ1v) is 29.2. The highest BCUT2D eigenvalue weighted by Crippen LogP contribution is 2.51. The standard InChI is InChI=1S/C78H71BN4/c1-75(2,3)59-42-60(76(4,5)6)45-63(44-59)82-69-36-34-56(52-30-26-50(48-80)27-31-52)38-67(69)79-68-39-57(53-32-28-51(49-81)29-33-53)35-37-70(68)83(64-46-61(77(7,8)9)43-62(47-64)78(10,11)12)72-41-58(40-71(82)74(72)79)73-65(54-20-15-13-16-21-54)24-19-25-66(73)55-22-17-14-18-23-55/h13-47H,1-12H3. The van der Waals surface area contributed by atoms with Crippen molar-refractivity contribution in [3.63, 3.8) is 0 Å². The molecule has 10 aromatic rings. The van der Waals surface area contributed by atoms with E-state index in [-0.39, 0.29) is 28.4 Å². The van der Waals surface area contributed by atoms with Crippen LogP contribution < -0.4 is 26.2 Å². The van der Waals surface area contributed by atoms with Crippen LogP contribution in [-0.4, -0.2) is 6.71 Å². The van der Waals surface area contributed by atoms with Gasteiger partial charge in [0.25, 0.3) is 6.71 Å². The summed E-state index contributed by atoms with van der Waals surface area (Å²) in [5.41, 5.74) is 27.2. The Labute approximate surface area is 493 Å². The highest BCUT2D eigenvalue weighted by atomic mass is 15.2. The predicted octanol–water partition coefficient (Wildman–Crippen LogP) is 19.0. The number of hydrogen-bond donors (Lipinski definition) is 0. The summed E-state index contributed by atoms with van der Waals surface area (Å²) in [6, 6.07) is 83.0. The van der Waals surface area contributed by atoms with Crippen molar-refractivity contribution in [2.75, 3.05) is 9.80 Å². The third-order valence-electron chi connectivity index (χ3n) is 17.1. The summed E-state index contributed by atoms with van der Waals surface area (Å²) in [4.78, 5) is 5.18. The maximum atomic E-state index is 9.93. The fourth-order valence-corrected chi connectivity index (χ4v) is 12.3. The third kappa shape index (κ3) is 10.0. The first kappa shape index (κ1) is 54.4. The molecule has 406 valence electrons. The van der Waals surface area contributed by atoms with Crippen LogP contribution in [0.2, 0.25) is 0 Å². The van der Waals surface area contributed by atoms with Crippen LogP contribution in [0.4, 0.5) is 34.1 Å². The minimum absolute atomic E-state index is 0.155. The van der Waals surface area contributed by atoms with Gasteiger partial charge in [-0.2, -0.15) is 10.5 Å². The molecule has 83 heavy (non-hydrogen) atoms. The monoisotopic (exact) mass is 1070 g/mol. The molecule has 0 unspecified atom stereocenters. The molecular formula is C78H71BN4. The van der Waals surface area contributed by atoms with Crippen molar-refractivity contribution in [3.05, 3.63) is 246 Å². The first-order chi connectivity index (χ1) is 39.6. The second kappa shape index (κ2) is 20.4. The number of nitriles is 2. The van der Waals surface area contributed by atoms with E-state index in [9.17, 15) is 10.5 Å². The van der Waals surface area contributed by atoms with Crippen LogP contribution in [-0.2, 0) is 21.7 Å². The quantitative estimate of drug-likeness (QED) is 0.149. The minimum atomic E-state index is -0.234. The number of anilines is 6.